The van der Waals surface area contributed by atoms with Crippen LogP contribution in [0.2, 0.25) is 0 Å². The number of likely N-dealkylation sites (tertiary alicyclic amines) is 1. The molecule has 0 unspecified atom stereocenters. The highest BCUT2D eigenvalue weighted by molar-refractivity contribution is 5.94. The zero-order valence-electron chi connectivity index (χ0n) is 13.9. The predicted octanol–water partition coefficient (Wildman–Crippen LogP) is 3.04. The molecule has 1 aromatic carbocycles. The number of carbonyl (C=O) groups excluding carboxylic acids is 2. The van der Waals surface area contributed by atoms with Crippen molar-refractivity contribution in [2.75, 3.05) is 11.9 Å². The van der Waals surface area contributed by atoms with E-state index >= 15 is 0 Å². The Hall–Kier alpha value is -2.83. The van der Waals surface area contributed by atoms with Gasteiger partial charge in [0.25, 0.3) is 0 Å². The number of halogens is 1. The van der Waals surface area contributed by atoms with Gasteiger partial charge in [-0.05, 0) is 55.7 Å². The Balaban J connectivity index is 1.61. The summed E-state index contributed by atoms with van der Waals surface area (Å²) in [5.74, 6) is 0.0935. The molecule has 1 aliphatic rings. The quantitative estimate of drug-likeness (QED) is 0.894. The molecule has 0 aliphatic carbocycles. The monoisotopic (exact) mass is 345 g/mol. The molecule has 1 saturated heterocycles. The van der Waals surface area contributed by atoms with Gasteiger partial charge in [-0.1, -0.05) is 0 Å². The summed E-state index contributed by atoms with van der Waals surface area (Å²) in [5.41, 5.74) is 1.17. The Morgan fingerprint density at radius 2 is 2.20 bits per heavy atom. The van der Waals surface area contributed by atoms with E-state index in [2.05, 4.69) is 10.6 Å². The van der Waals surface area contributed by atoms with Crippen LogP contribution in [0.3, 0.4) is 0 Å². The fourth-order valence-corrected chi connectivity index (χ4v) is 2.94. The second-order valence-corrected chi connectivity index (χ2v) is 6.04. The average molecular weight is 345 g/mol. The van der Waals surface area contributed by atoms with Crippen LogP contribution in [-0.4, -0.2) is 29.4 Å². The van der Waals surface area contributed by atoms with E-state index in [1.807, 2.05) is 0 Å². The van der Waals surface area contributed by atoms with Crippen molar-refractivity contribution in [1.29, 1.82) is 0 Å². The topological polar surface area (TPSA) is 74.6 Å². The third-order valence-electron chi connectivity index (χ3n) is 4.26. The summed E-state index contributed by atoms with van der Waals surface area (Å²) >= 11 is 0. The molecule has 0 bridgehead atoms. The molecule has 3 rings (SSSR count). The van der Waals surface area contributed by atoms with Gasteiger partial charge in [0.1, 0.15) is 17.6 Å². The summed E-state index contributed by atoms with van der Waals surface area (Å²) in [6, 6.07) is 6.82. The van der Waals surface area contributed by atoms with Crippen LogP contribution in [0, 0.1) is 12.7 Å². The van der Waals surface area contributed by atoms with E-state index in [0.29, 0.717) is 30.0 Å². The summed E-state index contributed by atoms with van der Waals surface area (Å²) in [4.78, 5) is 26.4. The SMILES string of the molecule is Cc1cc(F)ccc1NC(=O)N1CCC[C@@H]1C(=O)NCc1ccco1. The van der Waals surface area contributed by atoms with Crippen molar-refractivity contribution in [2.45, 2.75) is 32.4 Å². The molecule has 0 radical (unpaired) electrons. The first kappa shape index (κ1) is 17.0. The molecule has 1 aromatic heterocycles. The van der Waals surface area contributed by atoms with Gasteiger partial charge in [0.2, 0.25) is 5.91 Å². The highest BCUT2D eigenvalue weighted by Gasteiger charge is 2.34. The lowest BCUT2D eigenvalue weighted by Crippen LogP contribution is -2.47. The van der Waals surface area contributed by atoms with Gasteiger partial charge < -0.3 is 20.0 Å². The van der Waals surface area contributed by atoms with E-state index < -0.39 is 6.04 Å². The number of anilines is 1. The van der Waals surface area contributed by atoms with Gasteiger partial charge in [0.15, 0.2) is 0 Å². The number of amides is 3. The molecule has 132 valence electrons. The Morgan fingerprint density at radius 1 is 1.36 bits per heavy atom. The van der Waals surface area contributed by atoms with E-state index in [4.69, 9.17) is 4.42 Å². The summed E-state index contributed by atoms with van der Waals surface area (Å²) in [6.07, 6.45) is 2.91. The summed E-state index contributed by atoms with van der Waals surface area (Å²) in [5, 5.41) is 5.55. The van der Waals surface area contributed by atoms with Crippen LogP contribution in [0.25, 0.3) is 0 Å². The molecule has 2 heterocycles. The number of hydrogen-bond acceptors (Lipinski definition) is 3. The fourth-order valence-electron chi connectivity index (χ4n) is 2.94. The number of nitrogens with one attached hydrogen (secondary N) is 2. The smallest absolute Gasteiger partial charge is 0.322 e. The molecule has 1 fully saturated rings. The summed E-state index contributed by atoms with van der Waals surface area (Å²) in [7, 11) is 0. The second kappa shape index (κ2) is 7.38. The van der Waals surface area contributed by atoms with Crippen molar-refractivity contribution >= 4 is 17.6 Å². The van der Waals surface area contributed by atoms with Crippen LogP contribution in [-0.2, 0) is 11.3 Å². The van der Waals surface area contributed by atoms with Crippen LogP contribution >= 0.6 is 0 Å². The Bertz CT molecular complexity index is 761. The molecular weight excluding hydrogens is 325 g/mol. The van der Waals surface area contributed by atoms with Gasteiger partial charge in [0.05, 0.1) is 12.8 Å². The van der Waals surface area contributed by atoms with Crippen molar-refractivity contribution in [1.82, 2.24) is 10.2 Å². The maximum absolute atomic E-state index is 13.2. The van der Waals surface area contributed by atoms with Crippen LogP contribution in [0.1, 0.15) is 24.2 Å². The molecule has 1 atom stereocenters. The van der Waals surface area contributed by atoms with E-state index in [9.17, 15) is 14.0 Å². The first-order valence-corrected chi connectivity index (χ1v) is 8.18. The van der Waals surface area contributed by atoms with Crippen molar-refractivity contribution in [3.05, 3.63) is 53.7 Å². The first-order chi connectivity index (χ1) is 12.0. The molecule has 7 heteroatoms. The lowest BCUT2D eigenvalue weighted by Gasteiger charge is -2.24. The lowest BCUT2D eigenvalue weighted by molar-refractivity contribution is -0.124. The van der Waals surface area contributed by atoms with Gasteiger partial charge in [-0.15, -0.1) is 0 Å². The zero-order chi connectivity index (χ0) is 17.8. The number of furan rings is 1. The Labute approximate surface area is 145 Å². The number of carbonyl (C=O) groups is 2. The minimum atomic E-state index is -0.518. The minimum Gasteiger partial charge on any atom is -0.467 e. The minimum absolute atomic E-state index is 0.208. The number of nitrogens with zero attached hydrogens (tertiary/aromatic N) is 1. The molecule has 0 saturated carbocycles. The molecule has 3 amide bonds. The van der Waals surface area contributed by atoms with Gasteiger partial charge >= 0.3 is 6.03 Å². The summed E-state index contributed by atoms with van der Waals surface area (Å²) < 4.78 is 18.4. The normalized spacial score (nSPS) is 16.7. The number of urea groups is 1. The van der Waals surface area contributed by atoms with Crippen molar-refractivity contribution < 1.29 is 18.4 Å². The van der Waals surface area contributed by atoms with Crippen molar-refractivity contribution in [3.63, 3.8) is 0 Å². The van der Waals surface area contributed by atoms with E-state index in [-0.39, 0.29) is 24.3 Å². The molecule has 25 heavy (non-hydrogen) atoms. The van der Waals surface area contributed by atoms with E-state index in [1.165, 1.54) is 23.1 Å². The van der Waals surface area contributed by atoms with Crippen molar-refractivity contribution in [3.8, 4) is 0 Å². The van der Waals surface area contributed by atoms with Gasteiger partial charge in [-0.3, -0.25) is 4.79 Å². The number of rotatable bonds is 4. The van der Waals surface area contributed by atoms with Gasteiger partial charge in [-0.2, -0.15) is 0 Å². The van der Waals surface area contributed by atoms with Crippen LogP contribution in [0.5, 0.6) is 0 Å². The zero-order valence-corrected chi connectivity index (χ0v) is 13.9. The Kier molecular flexibility index (Phi) is 5.02. The molecule has 1 aliphatic heterocycles. The van der Waals surface area contributed by atoms with Gasteiger partial charge in [-0.25, -0.2) is 9.18 Å². The highest BCUT2D eigenvalue weighted by atomic mass is 19.1. The predicted molar refractivity (Wildman–Crippen MR) is 90.4 cm³/mol. The second-order valence-electron chi connectivity index (χ2n) is 6.04. The largest absolute Gasteiger partial charge is 0.467 e. The average Bonchev–Trinajstić information content (AvgIpc) is 3.26. The third kappa shape index (κ3) is 3.99. The number of hydrogen-bond donors (Lipinski definition) is 2. The lowest BCUT2D eigenvalue weighted by atomic mass is 10.2. The number of aryl methyl sites for hydroxylation is 1. The van der Waals surface area contributed by atoms with Crippen molar-refractivity contribution in [2.24, 2.45) is 0 Å². The molecule has 0 spiro atoms. The van der Waals surface area contributed by atoms with Gasteiger partial charge in [0, 0.05) is 12.2 Å². The van der Waals surface area contributed by atoms with E-state index in [1.54, 1.807) is 25.3 Å². The van der Waals surface area contributed by atoms with Crippen LogP contribution < -0.4 is 10.6 Å². The molecule has 2 N–H and O–H groups in total. The fraction of sp³-hybridized carbons (Fsp3) is 0.333. The maximum atomic E-state index is 13.2. The third-order valence-corrected chi connectivity index (χ3v) is 4.26. The molecular formula is C18H20FN3O3. The maximum Gasteiger partial charge on any atom is 0.322 e. The number of benzene rings is 1. The first-order valence-electron chi connectivity index (χ1n) is 8.18. The molecule has 2 aromatic rings. The molecule has 6 nitrogen and oxygen atoms in total. The van der Waals surface area contributed by atoms with Crippen LogP contribution in [0.4, 0.5) is 14.9 Å². The van der Waals surface area contributed by atoms with E-state index in [0.717, 1.165) is 6.42 Å². The Morgan fingerprint density at radius 3 is 2.92 bits per heavy atom. The summed E-state index contributed by atoms with van der Waals surface area (Å²) in [6.45, 7) is 2.51. The van der Waals surface area contributed by atoms with Crippen LogP contribution in [0.15, 0.2) is 41.0 Å². The highest BCUT2D eigenvalue weighted by Crippen LogP contribution is 2.21. The standard InChI is InChI=1S/C18H20FN3O3/c1-12-10-13(19)6-7-15(12)21-18(24)22-8-2-5-16(22)17(23)20-11-14-4-3-9-25-14/h3-4,6-7,9-10,16H,2,5,8,11H2,1H3,(H,20,23)(H,21,24)/t16-/m1/s1.